The molecule has 0 spiro atoms. The van der Waals surface area contributed by atoms with Crippen molar-refractivity contribution in [2.75, 3.05) is 26.7 Å². The summed E-state index contributed by atoms with van der Waals surface area (Å²) in [5, 5.41) is 7.72. The summed E-state index contributed by atoms with van der Waals surface area (Å²) in [6.07, 6.45) is 0.255. The molecule has 0 aromatic carbocycles. The van der Waals surface area contributed by atoms with Crippen molar-refractivity contribution >= 4 is 11.3 Å². The molecule has 3 nitrogen and oxygen atoms in total. The first-order valence-corrected chi connectivity index (χ1v) is 7.21. The minimum absolute atomic E-state index is 0.255. The van der Waals surface area contributed by atoms with Crippen molar-refractivity contribution in [3.8, 4) is 0 Å². The Balaban J connectivity index is 2.04. The van der Waals surface area contributed by atoms with Crippen LogP contribution in [0, 0.1) is 0 Å². The predicted octanol–water partition coefficient (Wildman–Crippen LogP) is 2.12. The van der Waals surface area contributed by atoms with Gasteiger partial charge in [0.2, 0.25) is 0 Å². The van der Waals surface area contributed by atoms with Crippen molar-refractivity contribution in [2.45, 2.75) is 32.0 Å². The highest BCUT2D eigenvalue weighted by molar-refractivity contribution is 7.07. The number of hydrogen-bond donors (Lipinski definition) is 1. The van der Waals surface area contributed by atoms with E-state index < -0.39 is 0 Å². The lowest BCUT2D eigenvalue weighted by Crippen LogP contribution is -2.49. The molecule has 0 aliphatic carbocycles. The Labute approximate surface area is 108 Å². The number of ether oxygens (including phenoxy) is 1. The van der Waals surface area contributed by atoms with Crippen LogP contribution in [0.2, 0.25) is 0 Å². The Kier molecular flexibility index (Phi) is 4.56. The van der Waals surface area contributed by atoms with Gasteiger partial charge in [-0.25, -0.2) is 0 Å². The molecule has 2 unspecified atom stereocenters. The Bertz CT molecular complexity index is 326. The number of hydrogen-bond acceptors (Lipinski definition) is 4. The van der Waals surface area contributed by atoms with Gasteiger partial charge in [-0.2, -0.15) is 11.3 Å². The lowest BCUT2D eigenvalue weighted by molar-refractivity contribution is -0.0549. The summed E-state index contributed by atoms with van der Waals surface area (Å²) < 4.78 is 5.94. The molecule has 96 valence electrons. The molecule has 2 heterocycles. The van der Waals surface area contributed by atoms with Crippen LogP contribution in [-0.4, -0.2) is 43.8 Å². The van der Waals surface area contributed by atoms with Crippen LogP contribution in [0.3, 0.4) is 0 Å². The average molecular weight is 254 g/mol. The predicted molar refractivity (Wildman–Crippen MR) is 72.6 cm³/mol. The van der Waals surface area contributed by atoms with E-state index in [1.54, 1.807) is 11.3 Å². The quantitative estimate of drug-likeness (QED) is 0.891. The van der Waals surface area contributed by atoms with Gasteiger partial charge in [-0.05, 0) is 43.3 Å². The molecular weight excluding hydrogens is 232 g/mol. The summed E-state index contributed by atoms with van der Waals surface area (Å²) in [6, 6.07) is 3.09. The first-order valence-electron chi connectivity index (χ1n) is 6.27. The van der Waals surface area contributed by atoms with Crippen molar-refractivity contribution < 1.29 is 4.74 Å². The van der Waals surface area contributed by atoms with Crippen molar-refractivity contribution in [1.29, 1.82) is 0 Å². The van der Waals surface area contributed by atoms with Crippen LogP contribution in [0.25, 0.3) is 0 Å². The fourth-order valence-corrected chi connectivity index (χ4v) is 3.08. The third kappa shape index (κ3) is 3.07. The van der Waals surface area contributed by atoms with Crippen molar-refractivity contribution in [3.63, 3.8) is 0 Å². The average Bonchev–Trinajstić information content (AvgIpc) is 2.84. The molecule has 1 aromatic rings. The fourth-order valence-electron chi connectivity index (χ4n) is 2.39. The van der Waals surface area contributed by atoms with E-state index >= 15 is 0 Å². The van der Waals surface area contributed by atoms with Gasteiger partial charge < -0.3 is 10.1 Å². The third-order valence-electron chi connectivity index (χ3n) is 3.44. The van der Waals surface area contributed by atoms with Gasteiger partial charge in [-0.15, -0.1) is 0 Å². The second kappa shape index (κ2) is 5.96. The highest BCUT2D eigenvalue weighted by Crippen LogP contribution is 2.24. The number of rotatable bonds is 4. The molecule has 2 rings (SSSR count). The molecule has 0 bridgehead atoms. The lowest BCUT2D eigenvalue weighted by atomic mass is 10.0. The van der Waals surface area contributed by atoms with E-state index in [1.807, 2.05) is 7.05 Å². The van der Waals surface area contributed by atoms with Gasteiger partial charge in [0.05, 0.1) is 18.8 Å². The van der Waals surface area contributed by atoms with E-state index in [4.69, 9.17) is 4.74 Å². The molecule has 1 aliphatic heterocycles. The van der Waals surface area contributed by atoms with Crippen LogP contribution >= 0.6 is 11.3 Å². The first-order chi connectivity index (χ1) is 8.22. The summed E-state index contributed by atoms with van der Waals surface area (Å²) in [7, 11) is 2.01. The Morgan fingerprint density at radius 1 is 1.53 bits per heavy atom. The highest BCUT2D eigenvalue weighted by atomic mass is 32.1. The van der Waals surface area contributed by atoms with Gasteiger partial charge in [-0.1, -0.05) is 0 Å². The first kappa shape index (κ1) is 13.0. The maximum absolute atomic E-state index is 5.94. The minimum Gasteiger partial charge on any atom is -0.374 e. The van der Waals surface area contributed by atoms with Crippen LogP contribution < -0.4 is 5.32 Å². The molecule has 0 amide bonds. The zero-order valence-electron chi connectivity index (χ0n) is 10.8. The monoisotopic (exact) mass is 254 g/mol. The molecule has 0 saturated carbocycles. The molecule has 17 heavy (non-hydrogen) atoms. The van der Waals surface area contributed by atoms with Crippen LogP contribution in [0.1, 0.15) is 25.5 Å². The lowest BCUT2D eigenvalue weighted by Gasteiger charge is -2.38. The zero-order chi connectivity index (χ0) is 12.3. The smallest absolute Gasteiger partial charge is 0.0897 e. The van der Waals surface area contributed by atoms with Crippen molar-refractivity contribution in [1.82, 2.24) is 10.2 Å². The Morgan fingerprint density at radius 3 is 2.94 bits per heavy atom. The van der Waals surface area contributed by atoms with Gasteiger partial charge in [0.25, 0.3) is 0 Å². The van der Waals surface area contributed by atoms with Gasteiger partial charge >= 0.3 is 0 Å². The summed E-state index contributed by atoms with van der Waals surface area (Å²) in [6.45, 7) is 7.40. The van der Waals surface area contributed by atoms with E-state index in [0.29, 0.717) is 12.1 Å². The third-order valence-corrected chi connectivity index (χ3v) is 4.14. The van der Waals surface area contributed by atoms with Crippen molar-refractivity contribution in [2.24, 2.45) is 0 Å². The minimum atomic E-state index is 0.255. The summed E-state index contributed by atoms with van der Waals surface area (Å²) >= 11 is 1.75. The number of likely N-dealkylation sites (N-methyl/N-ethyl adjacent to an activating group) is 1. The molecule has 0 radical (unpaired) electrons. The highest BCUT2D eigenvalue weighted by Gasteiger charge is 2.29. The maximum atomic E-state index is 5.94. The van der Waals surface area contributed by atoms with Gasteiger partial charge in [0.15, 0.2) is 0 Å². The molecule has 2 atom stereocenters. The molecular formula is C13H22N2OS. The fraction of sp³-hybridized carbons (Fsp3) is 0.692. The van der Waals surface area contributed by atoms with Crippen LogP contribution in [0.15, 0.2) is 16.8 Å². The van der Waals surface area contributed by atoms with Crippen LogP contribution in [0.5, 0.6) is 0 Å². The van der Waals surface area contributed by atoms with Gasteiger partial charge in [0.1, 0.15) is 0 Å². The largest absolute Gasteiger partial charge is 0.374 e. The Hall–Kier alpha value is -0.420. The number of nitrogens with one attached hydrogen (secondary N) is 1. The SMILES string of the molecule is CNC(c1ccsc1)C1CN(C(C)C)CCO1. The van der Waals surface area contributed by atoms with E-state index in [0.717, 1.165) is 19.7 Å². The van der Waals surface area contributed by atoms with E-state index in [9.17, 15) is 0 Å². The molecule has 1 saturated heterocycles. The van der Waals surface area contributed by atoms with E-state index in [-0.39, 0.29) is 6.10 Å². The van der Waals surface area contributed by atoms with Crippen LogP contribution in [0.4, 0.5) is 0 Å². The summed E-state index contributed by atoms with van der Waals surface area (Å²) in [5.41, 5.74) is 1.34. The second-order valence-electron chi connectivity index (χ2n) is 4.82. The molecule has 1 aliphatic rings. The van der Waals surface area contributed by atoms with E-state index in [2.05, 4.69) is 40.9 Å². The zero-order valence-corrected chi connectivity index (χ0v) is 11.7. The molecule has 1 N–H and O–H groups in total. The van der Waals surface area contributed by atoms with Gasteiger partial charge in [-0.3, -0.25) is 4.90 Å². The maximum Gasteiger partial charge on any atom is 0.0897 e. The summed E-state index contributed by atoms with van der Waals surface area (Å²) in [4.78, 5) is 2.49. The molecule has 1 fully saturated rings. The second-order valence-corrected chi connectivity index (χ2v) is 5.60. The number of morpholine rings is 1. The standard InChI is InChI=1S/C13H22N2OS/c1-10(2)15-5-6-16-12(8-15)13(14-3)11-4-7-17-9-11/h4,7,9-10,12-14H,5-6,8H2,1-3H3. The van der Waals surface area contributed by atoms with Crippen molar-refractivity contribution in [3.05, 3.63) is 22.4 Å². The topological polar surface area (TPSA) is 24.5 Å². The Morgan fingerprint density at radius 2 is 2.35 bits per heavy atom. The molecule has 1 aromatic heterocycles. The van der Waals surface area contributed by atoms with Crippen LogP contribution in [-0.2, 0) is 4.74 Å². The number of thiophene rings is 1. The summed E-state index contributed by atoms with van der Waals surface area (Å²) in [5.74, 6) is 0. The molecule has 4 heteroatoms. The van der Waals surface area contributed by atoms with Gasteiger partial charge in [0, 0.05) is 19.1 Å². The number of nitrogens with zero attached hydrogens (tertiary/aromatic N) is 1. The normalized spacial score (nSPS) is 24.1. The van der Waals surface area contributed by atoms with E-state index in [1.165, 1.54) is 5.56 Å².